The molecule has 7 heteroatoms. The van der Waals surface area contributed by atoms with Crippen LogP contribution in [0.5, 0.6) is 5.75 Å². The minimum absolute atomic E-state index is 0.229. The van der Waals surface area contributed by atoms with E-state index in [9.17, 15) is 13.2 Å². The topological polar surface area (TPSA) is 72.5 Å². The Kier molecular flexibility index (Phi) is 6.80. The highest BCUT2D eigenvalue weighted by molar-refractivity contribution is 7.90. The molecule has 0 fully saturated rings. The second kappa shape index (κ2) is 9.32. The van der Waals surface area contributed by atoms with Gasteiger partial charge in [-0.1, -0.05) is 41.9 Å². The van der Waals surface area contributed by atoms with Crippen molar-refractivity contribution in [2.75, 3.05) is 6.26 Å². The molecule has 0 radical (unpaired) electrons. The van der Waals surface area contributed by atoms with Crippen LogP contribution in [0.2, 0.25) is 5.02 Å². The predicted molar refractivity (Wildman–Crippen MR) is 118 cm³/mol. The fourth-order valence-corrected chi connectivity index (χ4v) is 3.67. The van der Waals surface area contributed by atoms with Crippen LogP contribution in [0.4, 0.5) is 0 Å². The number of halogens is 1. The zero-order valence-corrected chi connectivity index (χ0v) is 18.2. The molecule has 3 aromatic carbocycles. The third-order valence-electron chi connectivity index (χ3n) is 4.62. The molecule has 5 nitrogen and oxygen atoms in total. The van der Waals surface area contributed by atoms with Crippen molar-refractivity contribution < 1.29 is 17.9 Å². The van der Waals surface area contributed by atoms with E-state index < -0.39 is 9.84 Å². The van der Waals surface area contributed by atoms with Crippen molar-refractivity contribution in [1.82, 2.24) is 5.32 Å². The van der Waals surface area contributed by atoms with E-state index in [1.807, 2.05) is 31.2 Å². The maximum atomic E-state index is 12.5. The van der Waals surface area contributed by atoms with Crippen LogP contribution >= 0.6 is 11.6 Å². The number of carbonyl (C=O) groups is 1. The van der Waals surface area contributed by atoms with Gasteiger partial charge in [-0.2, -0.15) is 0 Å². The van der Waals surface area contributed by atoms with Crippen molar-refractivity contribution in [3.05, 3.63) is 94.5 Å². The number of carbonyl (C=O) groups excluding carboxylic acids is 1. The summed E-state index contributed by atoms with van der Waals surface area (Å²) in [5, 5.41) is 3.55. The fraction of sp³-hybridized carbons (Fsp3) is 0.174. The summed E-state index contributed by atoms with van der Waals surface area (Å²) >= 11 is 6.12. The zero-order chi connectivity index (χ0) is 21.7. The highest BCUT2D eigenvalue weighted by Gasteiger charge is 2.13. The van der Waals surface area contributed by atoms with E-state index in [-0.39, 0.29) is 16.8 Å². The SMILES string of the molecule is C[C@@H](NC(=O)c1ccc(OCc2ccccc2Cl)cc1)c1ccc(S(C)(=O)=O)cc1. The average molecular weight is 444 g/mol. The van der Waals surface area contributed by atoms with Crippen molar-refractivity contribution in [3.63, 3.8) is 0 Å². The predicted octanol–water partition coefficient (Wildman–Crippen LogP) is 4.81. The molecule has 0 aromatic heterocycles. The van der Waals surface area contributed by atoms with E-state index in [0.29, 0.717) is 22.9 Å². The first-order chi connectivity index (χ1) is 14.2. The second-order valence-corrected chi connectivity index (χ2v) is 9.36. The Balaban J connectivity index is 1.59. The van der Waals surface area contributed by atoms with Crippen LogP contribution in [0.1, 0.15) is 34.5 Å². The molecular weight excluding hydrogens is 422 g/mol. The summed E-state index contributed by atoms with van der Waals surface area (Å²) < 4.78 is 28.9. The van der Waals surface area contributed by atoms with Crippen molar-refractivity contribution >= 4 is 27.3 Å². The van der Waals surface area contributed by atoms with Crippen LogP contribution in [-0.4, -0.2) is 20.6 Å². The Morgan fingerprint density at radius 2 is 1.63 bits per heavy atom. The molecule has 1 atom stereocenters. The number of rotatable bonds is 7. The Labute approximate surface area is 181 Å². The molecule has 0 saturated carbocycles. The molecule has 1 amide bonds. The summed E-state index contributed by atoms with van der Waals surface area (Å²) in [4.78, 5) is 12.8. The first-order valence-electron chi connectivity index (χ1n) is 9.31. The quantitative estimate of drug-likeness (QED) is 0.568. The van der Waals surface area contributed by atoms with Crippen LogP contribution in [0.25, 0.3) is 0 Å². The normalized spacial score (nSPS) is 12.2. The lowest BCUT2D eigenvalue weighted by atomic mass is 10.1. The van der Waals surface area contributed by atoms with Crippen LogP contribution < -0.4 is 10.1 Å². The number of hydrogen-bond acceptors (Lipinski definition) is 4. The molecule has 3 rings (SSSR count). The highest BCUT2D eigenvalue weighted by Crippen LogP contribution is 2.20. The average Bonchev–Trinajstić information content (AvgIpc) is 2.73. The lowest BCUT2D eigenvalue weighted by molar-refractivity contribution is 0.0940. The van der Waals surface area contributed by atoms with E-state index in [1.165, 1.54) is 0 Å². The minimum Gasteiger partial charge on any atom is -0.489 e. The summed E-state index contributed by atoms with van der Waals surface area (Å²) in [6, 6.07) is 20.5. The number of nitrogens with one attached hydrogen (secondary N) is 1. The molecule has 156 valence electrons. The van der Waals surface area contributed by atoms with Gasteiger partial charge in [-0.15, -0.1) is 0 Å². The molecule has 0 unspecified atom stereocenters. The summed E-state index contributed by atoms with van der Waals surface area (Å²) in [7, 11) is -3.25. The first kappa shape index (κ1) is 21.9. The summed E-state index contributed by atoms with van der Waals surface area (Å²) in [6.07, 6.45) is 1.16. The first-order valence-corrected chi connectivity index (χ1v) is 11.6. The van der Waals surface area contributed by atoms with E-state index >= 15 is 0 Å². The highest BCUT2D eigenvalue weighted by atomic mass is 35.5. The van der Waals surface area contributed by atoms with E-state index in [4.69, 9.17) is 16.3 Å². The summed E-state index contributed by atoms with van der Waals surface area (Å²) in [5.74, 6) is 0.406. The van der Waals surface area contributed by atoms with Gasteiger partial charge in [0.2, 0.25) is 0 Å². The van der Waals surface area contributed by atoms with Crippen LogP contribution in [0.3, 0.4) is 0 Å². The maximum absolute atomic E-state index is 12.5. The van der Waals surface area contributed by atoms with E-state index in [0.717, 1.165) is 17.4 Å². The molecule has 1 N–H and O–H groups in total. The van der Waals surface area contributed by atoms with Gasteiger partial charge < -0.3 is 10.1 Å². The molecule has 3 aromatic rings. The van der Waals surface area contributed by atoms with Gasteiger partial charge in [0.25, 0.3) is 5.91 Å². The Morgan fingerprint density at radius 1 is 1.00 bits per heavy atom. The van der Waals surface area contributed by atoms with E-state index in [1.54, 1.807) is 48.5 Å². The molecule has 0 bridgehead atoms. The third kappa shape index (κ3) is 5.62. The molecule has 0 spiro atoms. The van der Waals surface area contributed by atoms with Gasteiger partial charge in [0.15, 0.2) is 9.84 Å². The minimum atomic E-state index is -3.25. The summed E-state index contributed by atoms with van der Waals surface area (Å²) in [5.41, 5.74) is 2.20. The van der Waals surface area contributed by atoms with Gasteiger partial charge in [0.05, 0.1) is 10.9 Å². The van der Waals surface area contributed by atoms with E-state index in [2.05, 4.69) is 5.32 Å². The van der Waals surface area contributed by atoms with Gasteiger partial charge in [-0.3, -0.25) is 4.79 Å². The van der Waals surface area contributed by atoms with Crippen LogP contribution in [-0.2, 0) is 16.4 Å². The smallest absolute Gasteiger partial charge is 0.251 e. The molecule has 30 heavy (non-hydrogen) atoms. The molecule has 0 aliphatic heterocycles. The number of ether oxygens (including phenoxy) is 1. The van der Waals surface area contributed by atoms with Crippen molar-refractivity contribution in [2.24, 2.45) is 0 Å². The maximum Gasteiger partial charge on any atom is 0.251 e. The Morgan fingerprint density at radius 3 is 2.23 bits per heavy atom. The molecule has 0 saturated heterocycles. The van der Waals surface area contributed by atoms with Crippen LogP contribution in [0.15, 0.2) is 77.7 Å². The van der Waals surface area contributed by atoms with Gasteiger partial charge in [0, 0.05) is 22.4 Å². The second-order valence-electron chi connectivity index (χ2n) is 6.94. The summed E-state index contributed by atoms with van der Waals surface area (Å²) in [6.45, 7) is 2.18. The standard InChI is InChI=1S/C23H22ClNO4S/c1-16(17-9-13-21(14-10-17)30(2,27)28)25-23(26)18-7-11-20(12-8-18)29-15-19-5-3-4-6-22(19)24/h3-14,16H,15H2,1-2H3,(H,25,26)/t16-/m1/s1. The van der Waals surface area contributed by atoms with Crippen LogP contribution in [0, 0.1) is 0 Å². The van der Waals surface area contributed by atoms with Gasteiger partial charge in [-0.25, -0.2) is 8.42 Å². The van der Waals surface area contributed by atoms with Gasteiger partial charge >= 0.3 is 0 Å². The number of hydrogen-bond donors (Lipinski definition) is 1. The Bertz CT molecular complexity index is 1130. The fourth-order valence-electron chi connectivity index (χ4n) is 2.85. The number of sulfone groups is 1. The third-order valence-corrected chi connectivity index (χ3v) is 6.12. The monoisotopic (exact) mass is 443 g/mol. The van der Waals surface area contributed by atoms with Gasteiger partial charge in [0.1, 0.15) is 12.4 Å². The molecule has 0 aliphatic rings. The largest absolute Gasteiger partial charge is 0.489 e. The zero-order valence-electron chi connectivity index (χ0n) is 16.6. The molecule has 0 heterocycles. The number of benzene rings is 3. The van der Waals surface area contributed by atoms with Crippen molar-refractivity contribution in [3.8, 4) is 5.75 Å². The van der Waals surface area contributed by atoms with Gasteiger partial charge in [-0.05, 0) is 55.0 Å². The Hall–Kier alpha value is -2.83. The van der Waals surface area contributed by atoms with Crippen molar-refractivity contribution in [2.45, 2.75) is 24.5 Å². The van der Waals surface area contributed by atoms with Crippen molar-refractivity contribution in [1.29, 1.82) is 0 Å². The lowest BCUT2D eigenvalue weighted by Gasteiger charge is -2.15. The molecule has 0 aliphatic carbocycles. The lowest BCUT2D eigenvalue weighted by Crippen LogP contribution is -2.26. The number of amides is 1. The molecular formula is C23H22ClNO4S.